The summed E-state index contributed by atoms with van der Waals surface area (Å²) in [5, 5.41) is 10.3. The van der Waals surface area contributed by atoms with Gasteiger partial charge in [-0.05, 0) is 24.7 Å². The Balaban J connectivity index is 4.43. The van der Waals surface area contributed by atoms with E-state index in [0.29, 0.717) is 12.5 Å². The molecule has 0 rings (SSSR count). The van der Waals surface area contributed by atoms with Crippen LogP contribution in [-0.2, 0) is 4.74 Å². The first-order valence-corrected chi connectivity index (χ1v) is 6.66. The molecule has 0 heterocycles. The Bertz CT molecular complexity index is 168. The van der Waals surface area contributed by atoms with E-state index < -0.39 is 0 Å². The maximum atomic E-state index is 10.3. The highest BCUT2D eigenvalue weighted by atomic mass is 16.5. The number of hydrogen-bond acceptors (Lipinski definition) is 2. The lowest BCUT2D eigenvalue weighted by Crippen LogP contribution is -2.41. The van der Waals surface area contributed by atoms with Crippen LogP contribution in [0.2, 0.25) is 0 Å². The van der Waals surface area contributed by atoms with E-state index in [4.69, 9.17) is 4.74 Å². The molecule has 0 bridgehead atoms. The zero-order valence-electron chi connectivity index (χ0n) is 11.9. The van der Waals surface area contributed by atoms with Crippen molar-refractivity contribution in [1.29, 1.82) is 0 Å². The molecule has 0 radical (unpaired) electrons. The van der Waals surface area contributed by atoms with E-state index in [1.165, 1.54) is 0 Å². The molecule has 0 aromatic carbocycles. The highest BCUT2D eigenvalue weighted by Crippen LogP contribution is 2.29. The molecule has 2 nitrogen and oxygen atoms in total. The predicted molar refractivity (Wildman–Crippen MR) is 69.6 cm³/mol. The molecule has 16 heavy (non-hydrogen) atoms. The third-order valence-corrected chi connectivity index (χ3v) is 3.28. The molecule has 0 saturated heterocycles. The van der Waals surface area contributed by atoms with Crippen LogP contribution < -0.4 is 0 Å². The minimum atomic E-state index is -0.343. The van der Waals surface area contributed by atoms with Gasteiger partial charge in [0.05, 0.1) is 12.2 Å². The number of aliphatic hydroxyl groups is 1. The molecule has 0 spiro atoms. The van der Waals surface area contributed by atoms with Crippen LogP contribution in [-0.4, -0.2) is 23.9 Å². The SMILES string of the molecule is CCOC(C(O)CC(CC)CC)C(C)(C)C. The molecule has 2 unspecified atom stereocenters. The first-order valence-electron chi connectivity index (χ1n) is 6.66. The quantitative estimate of drug-likeness (QED) is 0.724. The minimum absolute atomic E-state index is 0.00145. The van der Waals surface area contributed by atoms with Gasteiger partial charge in [0.25, 0.3) is 0 Å². The zero-order chi connectivity index (χ0) is 12.8. The Morgan fingerprint density at radius 3 is 1.88 bits per heavy atom. The van der Waals surface area contributed by atoms with Crippen LogP contribution in [0, 0.1) is 11.3 Å². The summed E-state index contributed by atoms with van der Waals surface area (Å²) in [6.07, 6.45) is 2.73. The number of ether oxygens (including phenoxy) is 1. The van der Waals surface area contributed by atoms with E-state index in [-0.39, 0.29) is 17.6 Å². The predicted octanol–water partition coefficient (Wildman–Crippen LogP) is 3.62. The standard InChI is InChI=1S/C14H30O2/c1-7-11(8-2)10-12(15)13(16-9-3)14(4,5)6/h11-13,15H,7-10H2,1-6H3. The van der Waals surface area contributed by atoms with E-state index >= 15 is 0 Å². The van der Waals surface area contributed by atoms with E-state index in [0.717, 1.165) is 19.3 Å². The molecule has 0 fully saturated rings. The molecule has 0 aliphatic carbocycles. The molecule has 0 aromatic rings. The minimum Gasteiger partial charge on any atom is -0.390 e. The molecule has 0 aliphatic heterocycles. The maximum Gasteiger partial charge on any atom is 0.0881 e. The topological polar surface area (TPSA) is 29.5 Å². The second-order valence-electron chi connectivity index (χ2n) is 5.73. The second-order valence-corrected chi connectivity index (χ2v) is 5.73. The number of hydrogen-bond donors (Lipinski definition) is 1. The van der Waals surface area contributed by atoms with Crippen molar-refractivity contribution in [3.63, 3.8) is 0 Å². The van der Waals surface area contributed by atoms with E-state index in [1.54, 1.807) is 0 Å². The zero-order valence-corrected chi connectivity index (χ0v) is 11.9. The average molecular weight is 230 g/mol. The highest BCUT2D eigenvalue weighted by Gasteiger charge is 2.32. The summed E-state index contributed by atoms with van der Waals surface area (Å²) in [5.74, 6) is 0.611. The normalized spacial score (nSPS) is 16.5. The van der Waals surface area contributed by atoms with E-state index in [1.807, 2.05) is 6.92 Å². The van der Waals surface area contributed by atoms with Crippen LogP contribution in [0.15, 0.2) is 0 Å². The molecule has 0 aromatic heterocycles. The molecular formula is C14H30O2. The van der Waals surface area contributed by atoms with Crippen molar-refractivity contribution in [2.75, 3.05) is 6.61 Å². The fourth-order valence-corrected chi connectivity index (χ4v) is 2.20. The van der Waals surface area contributed by atoms with Crippen LogP contribution in [0.4, 0.5) is 0 Å². The van der Waals surface area contributed by atoms with E-state index in [9.17, 15) is 5.11 Å². The molecular weight excluding hydrogens is 200 g/mol. The van der Waals surface area contributed by atoms with Crippen molar-refractivity contribution >= 4 is 0 Å². The van der Waals surface area contributed by atoms with Gasteiger partial charge in [0.1, 0.15) is 0 Å². The molecule has 0 aliphatic rings. The Labute approximate surface area is 101 Å². The molecule has 98 valence electrons. The van der Waals surface area contributed by atoms with Crippen molar-refractivity contribution < 1.29 is 9.84 Å². The smallest absolute Gasteiger partial charge is 0.0881 e. The van der Waals surface area contributed by atoms with Crippen LogP contribution in [0.5, 0.6) is 0 Å². The highest BCUT2D eigenvalue weighted by molar-refractivity contribution is 4.82. The van der Waals surface area contributed by atoms with Gasteiger partial charge in [-0.3, -0.25) is 0 Å². The Morgan fingerprint density at radius 1 is 1.06 bits per heavy atom. The van der Waals surface area contributed by atoms with Crippen LogP contribution in [0.1, 0.15) is 60.8 Å². The molecule has 0 saturated carbocycles. The monoisotopic (exact) mass is 230 g/mol. The fourth-order valence-electron chi connectivity index (χ4n) is 2.20. The van der Waals surface area contributed by atoms with Crippen molar-refractivity contribution in [2.24, 2.45) is 11.3 Å². The Hall–Kier alpha value is -0.0800. The van der Waals surface area contributed by atoms with Crippen molar-refractivity contribution in [1.82, 2.24) is 0 Å². The van der Waals surface area contributed by atoms with Gasteiger partial charge in [0.15, 0.2) is 0 Å². The summed E-state index contributed by atoms with van der Waals surface area (Å²) < 4.78 is 5.71. The fraction of sp³-hybridized carbons (Fsp3) is 1.00. The lowest BCUT2D eigenvalue weighted by Gasteiger charge is -2.35. The molecule has 2 heteroatoms. The first kappa shape index (κ1) is 15.9. The van der Waals surface area contributed by atoms with Crippen LogP contribution in [0.3, 0.4) is 0 Å². The van der Waals surface area contributed by atoms with Crippen molar-refractivity contribution in [3.05, 3.63) is 0 Å². The van der Waals surface area contributed by atoms with Crippen molar-refractivity contribution in [3.8, 4) is 0 Å². The third-order valence-electron chi connectivity index (χ3n) is 3.28. The second kappa shape index (κ2) is 7.29. The van der Waals surface area contributed by atoms with Gasteiger partial charge >= 0.3 is 0 Å². The summed E-state index contributed by atoms with van der Waals surface area (Å²) in [5.41, 5.74) is 0.00145. The molecule has 0 amide bonds. The lowest BCUT2D eigenvalue weighted by molar-refractivity contribution is -0.0949. The van der Waals surface area contributed by atoms with Gasteiger partial charge < -0.3 is 9.84 Å². The Kier molecular flexibility index (Phi) is 7.25. The van der Waals surface area contributed by atoms with Gasteiger partial charge in [-0.25, -0.2) is 0 Å². The lowest BCUT2D eigenvalue weighted by atomic mass is 9.82. The van der Waals surface area contributed by atoms with Gasteiger partial charge in [-0.1, -0.05) is 47.5 Å². The van der Waals surface area contributed by atoms with Gasteiger partial charge in [-0.2, -0.15) is 0 Å². The molecule has 1 N–H and O–H groups in total. The van der Waals surface area contributed by atoms with Crippen LogP contribution >= 0.6 is 0 Å². The van der Waals surface area contributed by atoms with Crippen molar-refractivity contribution in [2.45, 2.75) is 73.0 Å². The van der Waals surface area contributed by atoms with E-state index in [2.05, 4.69) is 34.6 Å². The molecule has 2 atom stereocenters. The summed E-state index contributed by atoms with van der Waals surface area (Å²) in [4.78, 5) is 0. The third kappa shape index (κ3) is 5.31. The number of rotatable bonds is 7. The maximum absolute atomic E-state index is 10.3. The van der Waals surface area contributed by atoms with Gasteiger partial charge in [-0.15, -0.1) is 0 Å². The van der Waals surface area contributed by atoms with Gasteiger partial charge in [0.2, 0.25) is 0 Å². The summed E-state index contributed by atoms with van der Waals surface area (Å²) in [7, 11) is 0. The average Bonchev–Trinajstić information content (AvgIpc) is 2.20. The number of aliphatic hydroxyl groups excluding tert-OH is 1. The van der Waals surface area contributed by atoms with Crippen LogP contribution in [0.25, 0.3) is 0 Å². The first-order chi connectivity index (χ1) is 7.36. The summed E-state index contributed by atoms with van der Waals surface area (Å²) in [6.45, 7) is 13.4. The summed E-state index contributed by atoms with van der Waals surface area (Å²) in [6, 6.07) is 0. The summed E-state index contributed by atoms with van der Waals surface area (Å²) >= 11 is 0. The Morgan fingerprint density at radius 2 is 1.56 bits per heavy atom. The van der Waals surface area contributed by atoms with Gasteiger partial charge in [0, 0.05) is 6.61 Å². The largest absolute Gasteiger partial charge is 0.390 e.